The minimum atomic E-state index is 0.572. The molecule has 9 heteroatoms. The number of benzene rings is 8. The Morgan fingerprint density at radius 2 is 0.642 bits per heavy atom. The number of halogens is 2. The van der Waals surface area contributed by atoms with Gasteiger partial charge in [0.05, 0.1) is 34.2 Å². The summed E-state index contributed by atoms with van der Waals surface area (Å²) < 4.78 is 0. The molecule has 2 aliphatic carbocycles. The fraction of sp³-hybridized carbons (Fsp3) is 0.167. The lowest BCUT2D eigenvalue weighted by Crippen LogP contribution is -2.16. The average Bonchev–Trinajstić information content (AvgIpc) is 3.51. The van der Waals surface area contributed by atoms with E-state index in [1.165, 1.54) is 50.2 Å². The highest BCUT2D eigenvalue weighted by Gasteiger charge is 2.13. The summed E-state index contributed by atoms with van der Waals surface area (Å²) in [4.78, 5) is 22.4. The van der Waals surface area contributed by atoms with Crippen molar-refractivity contribution in [1.82, 2.24) is 4.90 Å². The molecule has 0 atom stereocenters. The minimum absolute atomic E-state index is 0.572. The van der Waals surface area contributed by atoms with Gasteiger partial charge in [-0.2, -0.15) is 0 Å². The predicted molar refractivity (Wildman–Crippen MR) is 350 cm³/mol. The van der Waals surface area contributed by atoms with Crippen molar-refractivity contribution in [1.29, 1.82) is 0 Å². The van der Waals surface area contributed by atoms with Gasteiger partial charge in [0.1, 0.15) is 0 Å². The molecule has 0 fully saturated rings. The topological polar surface area (TPSA) is 68.0 Å². The molecule has 2 aliphatic rings. The molecule has 408 valence electrons. The normalized spacial score (nSPS) is 12.3. The van der Waals surface area contributed by atoms with Crippen LogP contribution in [0.1, 0.15) is 55.6 Å². The van der Waals surface area contributed by atoms with Gasteiger partial charge in [0.2, 0.25) is 0 Å². The lowest BCUT2D eigenvalue weighted by molar-refractivity contribution is 0.402. The second kappa shape index (κ2) is 30.2. The van der Waals surface area contributed by atoms with Gasteiger partial charge in [-0.3, -0.25) is 9.98 Å². The van der Waals surface area contributed by atoms with Gasteiger partial charge in [-0.15, -0.1) is 23.2 Å². The number of anilines is 4. The molecule has 0 unspecified atom stereocenters. The third-order valence-corrected chi connectivity index (χ3v) is 14.1. The maximum absolute atomic E-state index is 5.59. The van der Waals surface area contributed by atoms with E-state index < -0.39 is 0 Å². The van der Waals surface area contributed by atoms with E-state index in [4.69, 9.17) is 28.2 Å². The van der Waals surface area contributed by atoms with Crippen molar-refractivity contribution < 1.29 is 0 Å². The van der Waals surface area contributed by atoms with Gasteiger partial charge in [0.15, 0.2) is 0 Å². The van der Waals surface area contributed by atoms with E-state index in [0.29, 0.717) is 11.8 Å². The summed E-state index contributed by atoms with van der Waals surface area (Å²) in [6.45, 7) is 5.96. The van der Waals surface area contributed by atoms with Crippen LogP contribution in [-0.2, 0) is 37.7 Å². The zero-order valence-corrected chi connectivity index (χ0v) is 48.8. The van der Waals surface area contributed by atoms with Crippen LogP contribution in [0.5, 0.6) is 0 Å². The molecule has 0 aromatic heterocycles. The van der Waals surface area contributed by atoms with Crippen LogP contribution in [0.4, 0.5) is 34.1 Å². The third-order valence-electron chi connectivity index (χ3n) is 13.5. The summed E-state index contributed by atoms with van der Waals surface area (Å²) >= 11 is 11.2. The van der Waals surface area contributed by atoms with Gasteiger partial charge < -0.3 is 15.1 Å². The van der Waals surface area contributed by atoms with E-state index >= 15 is 0 Å². The molecule has 81 heavy (non-hydrogen) atoms. The maximum atomic E-state index is 5.59. The van der Waals surface area contributed by atoms with Crippen molar-refractivity contribution >= 4 is 80.2 Å². The number of alkyl halides is 2. The van der Waals surface area contributed by atoms with Crippen LogP contribution in [0.2, 0.25) is 0 Å². The zero-order chi connectivity index (χ0) is 56.8. The summed E-state index contributed by atoms with van der Waals surface area (Å²) in [5.74, 6) is 1.14. The van der Waals surface area contributed by atoms with Crippen LogP contribution in [-0.4, -0.2) is 55.9 Å². The molecule has 0 aliphatic heterocycles. The van der Waals surface area contributed by atoms with Crippen LogP contribution in [0.25, 0.3) is 0 Å². The van der Waals surface area contributed by atoms with Gasteiger partial charge in [0.25, 0.3) is 0 Å². The summed E-state index contributed by atoms with van der Waals surface area (Å²) in [5.41, 5.74) is 22.7. The molecule has 8 aromatic rings. The monoisotopic (exact) mass is 1100 g/mol. The Kier molecular flexibility index (Phi) is 21.9. The quantitative estimate of drug-likeness (QED) is 0.0774. The molecule has 0 bridgehead atoms. The molecular weight excluding hydrogens is 1030 g/mol. The van der Waals surface area contributed by atoms with Crippen molar-refractivity contribution in [3.05, 3.63) is 298 Å². The van der Waals surface area contributed by atoms with E-state index in [9.17, 15) is 0 Å². The summed E-state index contributed by atoms with van der Waals surface area (Å²) in [7, 11) is 7.79. The van der Waals surface area contributed by atoms with Crippen LogP contribution >= 0.6 is 23.2 Å². The Labute approximate surface area is 490 Å². The first kappa shape index (κ1) is 58.7. The smallest absolute Gasteiger partial charge is 0.0638 e. The first-order valence-corrected chi connectivity index (χ1v) is 28.4. The van der Waals surface area contributed by atoms with Crippen molar-refractivity contribution in [2.75, 3.05) is 38.4 Å². The Bertz CT molecular complexity index is 3460. The molecule has 1 N–H and O–H groups in total. The average molecular weight is 1110 g/mol. The summed E-state index contributed by atoms with van der Waals surface area (Å²) in [6, 6.07) is 68.7. The van der Waals surface area contributed by atoms with E-state index in [0.717, 1.165) is 88.3 Å². The first-order chi connectivity index (χ1) is 39.5. The lowest BCUT2D eigenvalue weighted by atomic mass is 10.0. The third kappa shape index (κ3) is 18.8. The number of hydrogen-bond donors (Lipinski definition) is 1. The summed E-state index contributed by atoms with van der Waals surface area (Å²) in [6.07, 6.45) is 17.7. The van der Waals surface area contributed by atoms with E-state index in [2.05, 4.69) is 216 Å². The molecule has 8 aromatic carbocycles. The Balaban J connectivity index is 0.000000187. The van der Waals surface area contributed by atoms with Gasteiger partial charge >= 0.3 is 0 Å². The zero-order valence-electron chi connectivity index (χ0n) is 47.3. The largest absolute Gasteiger partial charge is 0.356 e. The highest BCUT2D eigenvalue weighted by atomic mass is 35.5. The van der Waals surface area contributed by atoms with Crippen LogP contribution in [0.3, 0.4) is 0 Å². The van der Waals surface area contributed by atoms with E-state index in [1.54, 1.807) is 14.1 Å². The second-order valence-electron chi connectivity index (χ2n) is 20.3. The van der Waals surface area contributed by atoms with Crippen LogP contribution in [0, 0.1) is 13.8 Å². The molecule has 0 amide bonds. The Hall–Kier alpha value is -8.46. The maximum Gasteiger partial charge on any atom is 0.0638 e. The second-order valence-corrected chi connectivity index (χ2v) is 20.8. The van der Waals surface area contributed by atoms with Gasteiger partial charge in [-0.1, -0.05) is 132 Å². The van der Waals surface area contributed by atoms with E-state index in [-0.39, 0.29) is 0 Å². The molecular formula is C72H71Cl2N7. The fourth-order valence-electron chi connectivity index (χ4n) is 8.87. The number of hydrogen-bond acceptors (Lipinski definition) is 7. The number of nitrogens with zero attached hydrogens (tertiary/aromatic N) is 6. The Morgan fingerprint density at radius 1 is 0.346 bits per heavy atom. The molecule has 0 saturated carbocycles. The minimum Gasteiger partial charge on any atom is -0.356 e. The molecule has 0 radical (unpaired) electrons. The molecule has 0 saturated heterocycles. The highest BCUT2D eigenvalue weighted by Crippen LogP contribution is 2.31. The van der Waals surface area contributed by atoms with E-state index in [1.807, 2.05) is 85.0 Å². The van der Waals surface area contributed by atoms with Crippen molar-refractivity contribution in [3.63, 3.8) is 0 Å². The molecule has 0 heterocycles. The first-order valence-electron chi connectivity index (χ1n) is 27.3. The fourth-order valence-corrected chi connectivity index (χ4v) is 9.23. The molecule has 7 nitrogen and oxygen atoms in total. The van der Waals surface area contributed by atoms with Crippen molar-refractivity contribution in [2.45, 2.75) is 51.5 Å². The molecule has 0 spiro atoms. The Morgan fingerprint density at radius 3 is 1.01 bits per heavy atom. The number of aryl methyl sites for hydroxylation is 2. The lowest BCUT2D eigenvalue weighted by Gasteiger charge is -2.26. The predicted octanol–water partition coefficient (Wildman–Crippen LogP) is 18.0. The van der Waals surface area contributed by atoms with Crippen LogP contribution in [0.15, 0.2) is 263 Å². The van der Waals surface area contributed by atoms with Crippen molar-refractivity contribution in [3.8, 4) is 0 Å². The van der Waals surface area contributed by atoms with Gasteiger partial charge in [0, 0.05) is 61.7 Å². The molecule has 10 rings (SSSR count). The number of aliphatic imine (C=N–C) groups is 4. The highest BCUT2D eigenvalue weighted by molar-refractivity contribution is 6.20. The number of allylic oxidation sites excluding steroid dienone is 8. The number of nitrogens with one attached hydrogen (secondary N) is 1. The van der Waals surface area contributed by atoms with Gasteiger partial charge in [-0.05, 0) is 207 Å². The SMILES string of the molecule is CN=C1C=CC(=Nc2ccc(N(Cc3ccc(CN(C)C)cc3)c3ccc(Cc4ccc(C)cc4)cc3)cc2)C=C1.CN=C1C=CC(=Nc2ccc(Nc3ccc(Cc4ccc(C)cc4)cc3)cc2)C=C1.ClCc1ccc(CCl)cc1. The number of rotatable bonds is 16. The van der Waals surface area contributed by atoms with Crippen LogP contribution < -0.4 is 10.2 Å². The van der Waals surface area contributed by atoms with Gasteiger partial charge in [-0.25, -0.2) is 9.98 Å². The summed E-state index contributed by atoms with van der Waals surface area (Å²) in [5, 5.41) is 3.45. The van der Waals surface area contributed by atoms with Crippen molar-refractivity contribution in [2.24, 2.45) is 20.0 Å². The standard InChI is InChI=1S/C37H38N4.C27H25N3.C8H8Cl2/c1-28-5-7-29(8-6-28)25-30-13-21-36(22-14-30)41(27-32-11-9-31(10-12-32)26-40(3)4)37-23-19-35(20-24-37)39-34-17-15-33(38-2)16-18-34;1-20-3-5-21(6-4-20)19-22-7-9-24(10-8-22)29-26-15-17-27(18-16-26)30-25-13-11-23(28-2)12-14-25;9-5-7-1-2-8(6-10)4-3-7/h5-24H,25-27H2,1-4H3;3-18,29H,19H2,1-2H3;1-4H,5-6H2.